The van der Waals surface area contributed by atoms with E-state index in [2.05, 4.69) is 5.32 Å². The first-order valence-corrected chi connectivity index (χ1v) is 7.92. The summed E-state index contributed by atoms with van der Waals surface area (Å²) in [5.74, 6) is -0.263. The Balaban J connectivity index is 2.09. The number of amides is 1. The monoisotopic (exact) mass is 350 g/mol. The third-order valence-corrected chi connectivity index (χ3v) is 4.19. The minimum atomic E-state index is -4.41. The standard InChI is InChI=1S/C19H21F3N2O/c1-13-8-4-7-11-17(13)23-18(25)14(2)24(3)12-15-9-5-6-10-16(15)19(20,21)22/h4-11,14H,12H2,1-3H3,(H,23,25). The van der Waals surface area contributed by atoms with Gasteiger partial charge >= 0.3 is 6.18 Å². The first-order chi connectivity index (χ1) is 11.7. The molecule has 134 valence electrons. The first-order valence-electron chi connectivity index (χ1n) is 7.92. The number of nitrogens with zero attached hydrogens (tertiary/aromatic N) is 1. The number of benzene rings is 2. The molecule has 2 rings (SSSR count). The molecular formula is C19H21F3N2O. The Morgan fingerprint density at radius 1 is 1.12 bits per heavy atom. The van der Waals surface area contributed by atoms with Crippen LogP contribution in [0.1, 0.15) is 23.6 Å². The lowest BCUT2D eigenvalue weighted by molar-refractivity contribution is -0.138. The summed E-state index contributed by atoms with van der Waals surface area (Å²) in [6.45, 7) is 3.57. The average molecular weight is 350 g/mol. The fourth-order valence-electron chi connectivity index (χ4n) is 2.49. The van der Waals surface area contributed by atoms with E-state index < -0.39 is 17.8 Å². The maximum Gasteiger partial charge on any atom is 0.416 e. The van der Waals surface area contributed by atoms with Crippen molar-refractivity contribution in [2.75, 3.05) is 12.4 Å². The number of alkyl halides is 3. The van der Waals surface area contributed by atoms with Crippen LogP contribution >= 0.6 is 0 Å². The number of carbonyl (C=O) groups is 1. The van der Waals surface area contributed by atoms with Crippen molar-refractivity contribution >= 4 is 11.6 Å². The zero-order valence-corrected chi connectivity index (χ0v) is 14.4. The Morgan fingerprint density at radius 3 is 2.36 bits per heavy atom. The van der Waals surface area contributed by atoms with Crippen molar-refractivity contribution in [1.29, 1.82) is 0 Å². The topological polar surface area (TPSA) is 32.3 Å². The highest BCUT2D eigenvalue weighted by Gasteiger charge is 2.33. The van der Waals surface area contributed by atoms with Crippen LogP contribution in [0.2, 0.25) is 0 Å². The minimum Gasteiger partial charge on any atom is -0.324 e. The van der Waals surface area contributed by atoms with Crippen LogP contribution in [0.4, 0.5) is 18.9 Å². The quantitative estimate of drug-likeness (QED) is 0.863. The summed E-state index contributed by atoms with van der Waals surface area (Å²) in [5, 5.41) is 2.82. The molecule has 0 saturated heterocycles. The Kier molecular flexibility index (Phi) is 5.85. The van der Waals surface area contributed by atoms with Crippen LogP contribution in [-0.4, -0.2) is 23.9 Å². The van der Waals surface area contributed by atoms with Gasteiger partial charge in [0, 0.05) is 12.2 Å². The zero-order valence-electron chi connectivity index (χ0n) is 14.4. The predicted molar refractivity (Wildman–Crippen MR) is 92.2 cm³/mol. The molecule has 0 saturated carbocycles. The third-order valence-electron chi connectivity index (χ3n) is 4.19. The van der Waals surface area contributed by atoms with E-state index >= 15 is 0 Å². The van der Waals surface area contributed by atoms with Gasteiger partial charge in [0.25, 0.3) is 0 Å². The summed E-state index contributed by atoms with van der Waals surface area (Å²) in [4.78, 5) is 14.0. The van der Waals surface area contributed by atoms with Crippen LogP contribution in [0.5, 0.6) is 0 Å². The molecule has 0 fully saturated rings. The number of halogens is 3. The van der Waals surface area contributed by atoms with Crippen molar-refractivity contribution < 1.29 is 18.0 Å². The number of para-hydroxylation sites is 1. The second-order valence-corrected chi connectivity index (χ2v) is 6.05. The molecule has 0 bridgehead atoms. The summed E-state index contributed by atoms with van der Waals surface area (Å²) in [7, 11) is 1.63. The van der Waals surface area contributed by atoms with Gasteiger partial charge in [-0.3, -0.25) is 9.69 Å². The molecule has 2 aromatic rings. The van der Waals surface area contributed by atoms with Gasteiger partial charge in [0.05, 0.1) is 11.6 Å². The van der Waals surface area contributed by atoms with Gasteiger partial charge in [0.1, 0.15) is 0 Å². The summed E-state index contributed by atoms with van der Waals surface area (Å²) in [6, 6.07) is 12.2. The number of nitrogens with one attached hydrogen (secondary N) is 1. The lowest BCUT2D eigenvalue weighted by Gasteiger charge is -2.25. The van der Waals surface area contributed by atoms with E-state index in [9.17, 15) is 18.0 Å². The van der Waals surface area contributed by atoms with Gasteiger partial charge in [-0.05, 0) is 44.2 Å². The summed E-state index contributed by atoms with van der Waals surface area (Å²) in [5.41, 5.74) is 1.10. The number of carbonyl (C=O) groups excluding carboxylic acids is 1. The minimum absolute atomic E-state index is 0.0258. The number of likely N-dealkylation sites (N-methyl/N-ethyl adjacent to an activating group) is 1. The SMILES string of the molecule is Cc1ccccc1NC(=O)C(C)N(C)Cc1ccccc1C(F)(F)F. The normalized spacial score (nSPS) is 12.9. The average Bonchev–Trinajstić information content (AvgIpc) is 2.55. The van der Waals surface area contributed by atoms with Crippen molar-refractivity contribution in [3.05, 3.63) is 65.2 Å². The van der Waals surface area contributed by atoms with Gasteiger partial charge in [-0.2, -0.15) is 13.2 Å². The predicted octanol–water partition coefficient (Wildman–Crippen LogP) is 4.47. The van der Waals surface area contributed by atoms with Crippen LogP contribution in [0.15, 0.2) is 48.5 Å². The largest absolute Gasteiger partial charge is 0.416 e. The number of aryl methyl sites for hydroxylation is 1. The van der Waals surface area contributed by atoms with Crippen LogP contribution < -0.4 is 5.32 Å². The molecule has 1 atom stereocenters. The molecule has 1 N–H and O–H groups in total. The second kappa shape index (κ2) is 7.70. The lowest BCUT2D eigenvalue weighted by atomic mass is 10.1. The maximum atomic E-state index is 13.1. The number of anilines is 1. The van der Waals surface area contributed by atoms with E-state index in [-0.39, 0.29) is 18.0 Å². The Bertz CT molecular complexity index is 743. The van der Waals surface area contributed by atoms with Crippen molar-refractivity contribution in [3.63, 3.8) is 0 Å². The molecule has 0 aliphatic rings. The van der Waals surface area contributed by atoms with Gasteiger partial charge in [-0.15, -0.1) is 0 Å². The zero-order chi connectivity index (χ0) is 18.6. The smallest absolute Gasteiger partial charge is 0.324 e. The molecule has 25 heavy (non-hydrogen) atoms. The number of hydrogen-bond donors (Lipinski definition) is 1. The van der Waals surface area contributed by atoms with Crippen molar-refractivity contribution in [3.8, 4) is 0 Å². The molecule has 0 radical (unpaired) electrons. The van der Waals surface area contributed by atoms with E-state index in [1.165, 1.54) is 12.1 Å². The highest BCUT2D eigenvalue weighted by molar-refractivity contribution is 5.95. The van der Waals surface area contributed by atoms with E-state index in [1.807, 2.05) is 25.1 Å². The highest BCUT2D eigenvalue weighted by atomic mass is 19.4. The molecule has 1 unspecified atom stereocenters. The van der Waals surface area contributed by atoms with E-state index in [4.69, 9.17) is 0 Å². The van der Waals surface area contributed by atoms with Crippen LogP contribution in [0, 0.1) is 6.92 Å². The lowest BCUT2D eigenvalue weighted by Crippen LogP contribution is -2.39. The molecular weight excluding hydrogens is 329 g/mol. The van der Waals surface area contributed by atoms with E-state index in [0.29, 0.717) is 5.69 Å². The first kappa shape index (κ1) is 19.0. The van der Waals surface area contributed by atoms with Gasteiger partial charge in [0.2, 0.25) is 5.91 Å². The van der Waals surface area contributed by atoms with Crippen LogP contribution in [-0.2, 0) is 17.5 Å². The van der Waals surface area contributed by atoms with Gasteiger partial charge in [-0.1, -0.05) is 36.4 Å². The van der Waals surface area contributed by atoms with Crippen LogP contribution in [0.25, 0.3) is 0 Å². The molecule has 0 aliphatic heterocycles. The van der Waals surface area contributed by atoms with Crippen molar-refractivity contribution in [2.24, 2.45) is 0 Å². The molecule has 0 heterocycles. The number of rotatable bonds is 5. The highest BCUT2D eigenvalue weighted by Crippen LogP contribution is 2.32. The molecule has 2 aromatic carbocycles. The fraction of sp³-hybridized carbons (Fsp3) is 0.316. The third kappa shape index (κ3) is 4.82. The van der Waals surface area contributed by atoms with E-state index in [1.54, 1.807) is 31.0 Å². The maximum absolute atomic E-state index is 13.1. The van der Waals surface area contributed by atoms with E-state index in [0.717, 1.165) is 11.6 Å². The van der Waals surface area contributed by atoms with Crippen molar-refractivity contribution in [2.45, 2.75) is 32.6 Å². The Labute approximate surface area is 145 Å². The molecule has 0 aliphatic carbocycles. The summed E-state index contributed by atoms with van der Waals surface area (Å²) >= 11 is 0. The Morgan fingerprint density at radius 2 is 1.72 bits per heavy atom. The second-order valence-electron chi connectivity index (χ2n) is 6.05. The van der Waals surface area contributed by atoms with Gasteiger partial charge in [-0.25, -0.2) is 0 Å². The molecule has 6 heteroatoms. The fourth-order valence-corrected chi connectivity index (χ4v) is 2.49. The number of hydrogen-bond acceptors (Lipinski definition) is 2. The van der Waals surface area contributed by atoms with Gasteiger partial charge in [0.15, 0.2) is 0 Å². The summed E-state index contributed by atoms with van der Waals surface area (Å²) in [6.07, 6.45) is -4.41. The van der Waals surface area contributed by atoms with Gasteiger partial charge < -0.3 is 5.32 Å². The molecule has 1 amide bonds. The molecule has 0 aromatic heterocycles. The Hall–Kier alpha value is -2.34. The molecule has 0 spiro atoms. The van der Waals surface area contributed by atoms with Crippen LogP contribution in [0.3, 0.4) is 0 Å². The van der Waals surface area contributed by atoms with Crippen molar-refractivity contribution in [1.82, 2.24) is 4.90 Å². The molecule has 3 nitrogen and oxygen atoms in total. The summed E-state index contributed by atoms with van der Waals surface area (Å²) < 4.78 is 39.3.